The summed E-state index contributed by atoms with van der Waals surface area (Å²) in [6.45, 7) is 0. The zero-order valence-corrected chi connectivity index (χ0v) is 12.6. The van der Waals surface area contributed by atoms with Crippen molar-refractivity contribution in [2.45, 2.75) is 4.21 Å². The summed E-state index contributed by atoms with van der Waals surface area (Å²) in [6, 6.07) is 7.97. The second kappa shape index (κ2) is 5.21. The molecule has 0 aliphatic carbocycles. The molecule has 5 nitrogen and oxygen atoms in total. The molecule has 1 aromatic carbocycles. The van der Waals surface area contributed by atoms with Crippen molar-refractivity contribution in [3.8, 4) is 6.07 Å². The zero-order valence-electron chi connectivity index (χ0n) is 9.42. The van der Waals surface area contributed by atoms with Gasteiger partial charge in [-0.25, -0.2) is 8.42 Å². The van der Waals surface area contributed by atoms with E-state index in [0.717, 1.165) is 11.3 Å². The lowest BCUT2D eigenvalue weighted by Gasteiger charge is -2.09. The van der Waals surface area contributed by atoms with Crippen molar-refractivity contribution in [3.05, 3.63) is 39.7 Å². The molecule has 8 heteroatoms. The third kappa shape index (κ3) is 2.89. The van der Waals surface area contributed by atoms with Crippen LogP contribution in [0, 0.1) is 11.3 Å². The second-order valence-corrected chi connectivity index (χ2v) is 7.22. The highest BCUT2D eigenvalue weighted by Crippen LogP contribution is 2.30. The minimum Gasteiger partial charge on any atom is -0.397 e. The number of halogens is 1. The summed E-state index contributed by atoms with van der Waals surface area (Å²) >= 11 is 4.27. The number of nitriles is 1. The van der Waals surface area contributed by atoms with Crippen LogP contribution in [0.5, 0.6) is 0 Å². The van der Waals surface area contributed by atoms with Crippen LogP contribution < -0.4 is 10.5 Å². The fourth-order valence-electron chi connectivity index (χ4n) is 1.39. The van der Waals surface area contributed by atoms with Gasteiger partial charge in [0.15, 0.2) is 4.21 Å². The summed E-state index contributed by atoms with van der Waals surface area (Å²) in [4.78, 5) is 0. The third-order valence-electron chi connectivity index (χ3n) is 2.25. The maximum atomic E-state index is 12.1. The van der Waals surface area contributed by atoms with E-state index in [0.29, 0.717) is 10.0 Å². The zero-order chi connectivity index (χ0) is 14.0. The fourth-order valence-corrected chi connectivity index (χ4v) is 4.81. The highest BCUT2D eigenvalue weighted by atomic mass is 79.9. The SMILES string of the molecule is N#Cc1ccc(NS(=O)(=O)c2sccc2Br)c(N)c1. The van der Waals surface area contributed by atoms with E-state index < -0.39 is 10.0 Å². The largest absolute Gasteiger partial charge is 0.397 e. The predicted molar refractivity (Wildman–Crippen MR) is 78.4 cm³/mol. The number of nitrogens with two attached hydrogens (primary N) is 1. The van der Waals surface area contributed by atoms with Gasteiger partial charge in [-0.05, 0) is 45.6 Å². The first-order valence-electron chi connectivity index (χ1n) is 4.99. The lowest BCUT2D eigenvalue weighted by Crippen LogP contribution is -2.13. The van der Waals surface area contributed by atoms with E-state index in [1.165, 1.54) is 18.2 Å². The van der Waals surface area contributed by atoms with Crippen LogP contribution >= 0.6 is 27.3 Å². The second-order valence-electron chi connectivity index (χ2n) is 3.58. The summed E-state index contributed by atoms with van der Waals surface area (Å²) in [6.07, 6.45) is 0. The number of sulfonamides is 1. The lowest BCUT2D eigenvalue weighted by molar-refractivity contribution is 0.603. The first kappa shape index (κ1) is 13.9. The molecule has 0 atom stereocenters. The first-order valence-corrected chi connectivity index (χ1v) is 8.15. The van der Waals surface area contributed by atoms with Gasteiger partial charge in [-0.3, -0.25) is 4.72 Å². The number of benzene rings is 1. The highest BCUT2D eigenvalue weighted by molar-refractivity contribution is 9.10. The Morgan fingerprint density at radius 2 is 2.11 bits per heavy atom. The Bertz CT molecular complexity index is 762. The van der Waals surface area contributed by atoms with Crippen LogP contribution in [-0.4, -0.2) is 8.42 Å². The average Bonchev–Trinajstić information content (AvgIpc) is 2.79. The molecule has 1 heterocycles. The Morgan fingerprint density at radius 3 is 2.63 bits per heavy atom. The normalized spacial score (nSPS) is 10.9. The van der Waals surface area contributed by atoms with Crippen molar-refractivity contribution in [3.63, 3.8) is 0 Å². The number of thiophene rings is 1. The number of hydrogen-bond acceptors (Lipinski definition) is 5. The molecule has 0 unspecified atom stereocenters. The molecule has 2 rings (SSSR count). The van der Waals surface area contributed by atoms with E-state index in [1.807, 2.05) is 6.07 Å². The van der Waals surface area contributed by atoms with Gasteiger partial charge in [0.2, 0.25) is 0 Å². The Labute approximate surface area is 122 Å². The first-order chi connectivity index (χ1) is 8.94. The number of nitrogens with one attached hydrogen (secondary N) is 1. The van der Waals surface area contributed by atoms with Crippen molar-refractivity contribution in [2.24, 2.45) is 0 Å². The molecule has 0 saturated heterocycles. The van der Waals surface area contributed by atoms with E-state index in [-0.39, 0.29) is 15.6 Å². The topological polar surface area (TPSA) is 96.0 Å². The lowest BCUT2D eigenvalue weighted by atomic mass is 10.2. The molecule has 0 aliphatic heterocycles. The summed E-state index contributed by atoms with van der Waals surface area (Å²) < 4.78 is 27.4. The molecule has 0 amide bonds. The number of hydrogen-bond donors (Lipinski definition) is 2. The van der Waals surface area contributed by atoms with Crippen LogP contribution in [0.3, 0.4) is 0 Å². The summed E-state index contributed by atoms with van der Waals surface area (Å²) in [5, 5.41) is 10.4. The Morgan fingerprint density at radius 1 is 1.37 bits per heavy atom. The number of nitrogens with zero attached hydrogens (tertiary/aromatic N) is 1. The smallest absolute Gasteiger partial charge is 0.272 e. The molecule has 1 aromatic heterocycles. The quantitative estimate of drug-likeness (QED) is 0.825. The number of anilines is 2. The van der Waals surface area contributed by atoms with Crippen molar-refractivity contribution in [2.75, 3.05) is 10.5 Å². The summed E-state index contributed by atoms with van der Waals surface area (Å²) in [5.41, 5.74) is 6.54. The predicted octanol–water partition coefficient (Wildman–Crippen LogP) is 2.77. The Hall–Kier alpha value is -1.56. The average molecular weight is 358 g/mol. The summed E-state index contributed by atoms with van der Waals surface area (Å²) in [7, 11) is -3.68. The van der Waals surface area contributed by atoms with Gasteiger partial charge in [-0.15, -0.1) is 11.3 Å². The van der Waals surface area contributed by atoms with Crippen LogP contribution in [-0.2, 0) is 10.0 Å². The molecule has 3 N–H and O–H groups in total. The molecule has 19 heavy (non-hydrogen) atoms. The van der Waals surface area contributed by atoms with Crippen LogP contribution in [0.1, 0.15) is 5.56 Å². The van der Waals surface area contributed by atoms with Gasteiger partial charge in [-0.2, -0.15) is 5.26 Å². The van der Waals surface area contributed by atoms with Crippen LogP contribution in [0.15, 0.2) is 38.3 Å². The molecule has 0 fully saturated rings. The van der Waals surface area contributed by atoms with Crippen LogP contribution in [0.4, 0.5) is 11.4 Å². The minimum atomic E-state index is -3.68. The van der Waals surface area contributed by atoms with Gasteiger partial charge in [0.05, 0.1) is 23.0 Å². The number of nitrogen functional groups attached to an aromatic ring is 1. The third-order valence-corrected chi connectivity index (χ3v) is 6.29. The van der Waals surface area contributed by atoms with Crippen molar-refractivity contribution in [1.82, 2.24) is 0 Å². The molecule has 0 radical (unpaired) electrons. The molecule has 98 valence electrons. The van der Waals surface area contributed by atoms with Gasteiger partial charge < -0.3 is 5.73 Å². The fraction of sp³-hybridized carbons (Fsp3) is 0. The maximum absolute atomic E-state index is 12.1. The van der Waals surface area contributed by atoms with Crippen molar-refractivity contribution < 1.29 is 8.42 Å². The van der Waals surface area contributed by atoms with E-state index in [9.17, 15) is 8.42 Å². The molecule has 2 aromatic rings. The van der Waals surface area contributed by atoms with E-state index in [4.69, 9.17) is 11.0 Å². The standard InChI is InChI=1S/C11H8BrN3O2S2/c12-8-3-4-18-11(8)19(16,17)15-10-2-1-7(6-13)5-9(10)14/h1-5,15H,14H2. The van der Waals surface area contributed by atoms with Crippen molar-refractivity contribution in [1.29, 1.82) is 5.26 Å². The summed E-state index contributed by atoms with van der Waals surface area (Å²) in [5.74, 6) is 0. The molecular formula is C11H8BrN3O2S2. The Balaban J connectivity index is 2.37. The Kier molecular flexibility index (Phi) is 3.80. The van der Waals surface area contributed by atoms with Crippen molar-refractivity contribution >= 4 is 48.7 Å². The van der Waals surface area contributed by atoms with E-state index in [2.05, 4.69) is 20.7 Å². The van der Waals surface area contributed by atoms with E-state index >= 15 is 0 Å². The monoisotopic (exact) mass is 357 g/mol. The highest BCUT2D eigenvalue weighted by Gasteiger charge is 2.20. The molecule has 0 saturated carbocycles. The van der Waals surface area contributed by atoms with Crippen LogP contribution in [0.25, 0.3) is 0 Å². The molecule has 0 bridgehead atoms. The molecule has 0 spiro atoms. The van der Waals surface area contributed by atoms with Gasteiger partial charge in [0, 0.05) is 4.47 Å². The van der Waals surface area contributed by atoms with Gasteiger partial charge in [-0.1, -0.05) is 0 Å². The number of rotatable bonds is 3. The molecular weight excluding hydrogens is 350 g/mol. The van der Waals surface area contributed by atoms with Gasteiger partial charge >= 0.3 is 0 Å². The minimum absolute atomic E-state index is 0.177. The van der Waals surface area contributed by atoms with Gasteiger partial charge in [0.25, 0.3) is 10.0 Å². The van der Waals surface area contributed by atoms with Crippen LogP contribution in [0.2, 0.25) is 0 Å². The maximum Gasteiger partial charge on any atom is 0.272 e. The van der Waals surface area contributed by atoms with Gasteiger partial charge in [0.1, 0.15) is 0 Å². The molecule has 0 aliphatic rings. The van der Waals surface area contributed by atoms with E-state index in [1.54, 1.807) is 11.4 Å².